The smallest absolute Gasteiger partial charge is 0.101 e. The van der Waals surface area contributed by atoms with E-state index >= 15 is 0 Å². The van der Waals surface area contributed by atoms with Crippen molar-refractivity contribution in [2.75, 3.05) is 0 Å². The second kappa shape index (κ2) is 7.70. The van der Waals surface area contributed by atoms with E-state index in [2.05, 4.69) is 103 Å². The van der Waals surface area contributed by atoms with Gasteiger partial charge >= 0.3 is 0 Å². The minimum atomic E-state index is 0.455. The second-order valence-electron chi connectivity index (χ2n) is 9.38. The van der Waals surface area contributed by atoms with E-state index in [-0.39, 0.29) is 0 Å². The molecule has 2 nitrogen and oxygen atoms in total. The molecular weight excluding hydrogens is 444 g/mol. The first kappa shape index (κ1) is 20.3. The molecule has 1 unspecified atom stereocenters. The van der Waals surface area contributed by atoms with Crippen LogP contribution in [0.25, 0.3) is 54.0 Å². The van der Waals surface area contributed by atoms with Crippen LogP contribution >= 0.6 is 11.3 Å². The Morgan fingerprint density at radius 1 is 0.857 bits per heavy atom. The van der Waals surface area contributed by atoms with Gasteiger partial charge in [0.25, 0.3) is 0 Å². The number of fused-ring (bicyclic) bond motifs is 6. The normalized spacial score (nSPS) is 15.0. The van der Waals surface area contributed by atoms with Crippen molar-refractivity contribution >= 4 is 48.5 Å². The second-order valence-corrected chi connectivity index (χ2v) is 10.5. The number of para-hydroxylation sites is 2. The molecule has 0 saturated carbocycles. The van der Waals surface area contributed by atoms with E-state index in [1.54, 1.807) is 0 Å². The Morgan fingerprint density at radius 2 is 1.66 bits per heavy atom. The van der Waals surface area contributed by atoms with Crippen molar-refractivity contribution in [3.05, 3.63) is 108 Å². The molecule has 2 aromatic heterocycles. The lowest BCUT2D eigenvalue weighted by atomic mass is 9.94. The van der Waals surface area contributed by atoms with Gasteiger partial charge in [0.05, 0.1) is 16.8 Å². The van der Waals surface area contributed by atoms with E-state index in [0.717, 1.165) is 28.8 Å². The standard InChI is InChI=1S/C32H22N2S/c1-20-13-15-25-24-8-2-4-11-28(24)34(29(25)17-20)32-22(19-33)7-6-10-23(32)21-14-16-31-27(18-21)26-9-3-5-12-30(26)35-31/h2-16,18,20H,17H2,1H3. The zero-order valence-electron chi connectivity index (χ0n) is 19.3. The van der Waals surface area contributed by atoms with Crippen molar-refractivity contribution in [1.82, 2.24) is 4.57 Å². The first-order valence-electron chi connectivity index (χ1n) is 12.0. The van der Waals surface area contributed by atoms with E-state index in [1.807, 2.05) is 23.5 Å². The summed E-state index contributed by atoms with van der Waals surface area (Å²) >= 11 is 1.83. The third-order valence-electron chi connectivity index (χ3n) is 7.19. The van der Waals surface area contributed by atoms with Crippen LogP contribution in [0.5, 0.6) is 0 Å². The molecule has 166 valence electrons. The van der Waals surface area contributed by atoms with Gasteiger partial charge in [-0.1, -0.05) is 73.7 Å². The third-order valence-corrected chi connectivity index (χ3v) is 8.34. The topological polar surface area (TPSA) is 28.7 Å². The van der Waals surface area contributed by atoms with Crippen molar-refractivity contribution in [3.63, 3.8) is 0 Å². The molecule has 0 spiro atoms. The highest BCUT2D eigenvalue weighted by molar-refractivity contribution is 7.25. The number of allylic oxidation sites excluding steroid dienone is 1. The predicted molar refractivity (Wildman–Crippen MR) is 148 cm³/mol. The largest absolute Gasteiger partial charge is 0.311 e. The fourth-order valence-corrected chi connectivity index (χ4v) is 6.68. The highest BCUT2D eigenvalue weighted by Gasteiger charge is 2.24. The van der Waals surface area contributed by atoms with Crippen LogP contribution in [-0.2, 0) is 6.42 Å². The molecule has 6 aromatic rings. The quantitative estimate of drug-likeness (QED) is 0.251. The lowest BCUT2D eigenvalue weighted by Gasteiger charge is -2.20. The number of thiophene rings is 1. The van der Waals surface area contributed by atoms with Gasteiger partial charge in [0, 0.05) is 42.4 Å². The third kappa shape index (κ3) is 3.00. The monoisotopic (exact) mass is 466 g/mol. The maximum absolute atomic E-state index is 10.2. The van der Waals surface area contributed by atoms with Gasteiger partial charge in [0.1, 0.15) is 6.07 Å². The lowest BCUT2D eigenvalue weighted by molar-refractivity contribution is 0.690. The molecule has 0 radical (unpaired) electrons. The molecule has 0 N–H and O–H groups in total. The number of benzene rings is 4. The molecule has 1 aliphatic rings. The van der Waals surface area contributed by atoms with Crippen LogP contribution in [-0.4, -0.2) is 4.57 Å². The molecule has 35 heavy (non-hydrogen) atoms. The van der Waals surface area contributed by atoms with Gasteiger partial charge in [-0.15, -0.1) is 11.3 Å². The fourth-order valence-electron chi connectivity index (χ4n) is 5.60. The Labute approximate surface area is 208 Å². The number of rotatable bonds is 2. The number of nitriles is 1. The summed E-state index contributed by atoms with van der Waals surface area (Å²) in [4.78, 5) is 0. The van der Waals surface area contributed by atoms with Crippen LogP contribution in [0, 0.1) is 17.2 Å². The molecule has 2 heterocycles. The molecular formula is C32H22N2S. The van der Waals surface area contributed by atoms with E-state index < -0.39 is 0 Å². The molecule has 0 fully saturated rings. The van der Waals surface area contributed by atoms with E-state index in [4.69, 9.17) is 0 Å². The summed E-state index contributed by atoms with van der Waals surface area (Å²) in [5, 5.41) is 14.0. The summed E-state index contributed by atoms with van der Waals surface area (Å²) in [6.45, 7) is 2.26. The molecule has 0 bridgehead atoms. The molecule has 7 rings (SSSR count). The van der Waals surface area contributed by atoms with Gasteiger partial charge < -0.3 is 4.57 Å². The molecule has 3 heteroatoms. The summed E-state index contributed by atoms with van der Waals surface area (Å²) in [6.07, 6.45) is 5.51. The molecule has 1 atom stereocenters. The summed E-state index contributed by atoms with van der Waals surface area (Å²) < 4.78 is 4.95. The molecule has 4 aromatic carbocycles. The Bertz CT molecular complexity index is 1860. The number of nitrogens with zero attached hydrogens (tertiary/aromatic N) is 2. The predicted octanol–water partition coefficient (Wildman–Crippen LogP) is 8.74. The van der Waals surface area contributed by atoms with Crippen LogP contribution in [0.4, 0.5) is 0 Å². The average molecular weight is 467 g/mol. The van der Waals surface area contributed by atoms with Crippen molar-refractivity contribution in [3.8, 4) is 22.9 Å². The summed E-state index contributed by atoms with van der Waals surface area (Å²) in [5.74, 6) is 0.455. The van der Waals surface area contributed by atoms with Gasteiger partial charge in [-0.25, -0.2) is 0 Å². The van der Waals surface area contributed by atoms with E-state index in [1.165, 1.54) is 36.8 Å². The van der Waals surface area contributed by atoms with Crippen molar-refractivity contribution in [1.29, 1.82) is 5.26 Å². The molecule has 0 amide bonds. The Kier molecular flexibility index (Phi) is 4.46. The van der Waals surface area contributed by atoms with Gasteiger partial charge in [-0.3, -0.25) is 0 Å². The maximum atomic E-state index is 10.2. The Hall–Kier alpha value is -4.13. The fraction of sp³-hybridized carbons (Fsp3) is 0.0938. The molecule has 0 saturated heterocycles. The summed E-state index contributed by atoms with van der Waals surface area (Å²) in [7, 11) is 0. The van der Waals surface area contributed by atoms with Crippen LogP contribution in [0.2, 0.25) is 0 Å². The van der Waals surface area contributed by atoms with Gasteiger partial charge in [-0.2, -0.15) is 5.26 Å². The first-order valence-corrected chi connectivity index (χ1v) is 12.8. The van der Waals surface area contributed by atoms with Gasteiger partial charge in [0.15, 0.2) is 0 Å². The minimum Gasteiger partial charge on any atom is -0.311 e. The zero-order chi connectivity index (χ0) is 23.5. The summed E-state index contributed by atoms with van der Waals surface area (Å²) in [6, 6.07) is 32.5. The highest BCUT2D eigenvalue weighted by Crippen LogP contribution is 2.41. The SMILES string of the molecule is CC1C=Cc2c(n(-c3c(C#N)cccc3-c3ccc4sc5ccccc5c4c3)c3ccccc23)C1. The Morgan fingerprint density at radius 3 is 2.54 bits per heavy atom. The minimum absolute atomic E-state index is 0.455. The number of hydrogen-bond acceptors (Lipinski definition) is 2. The number of hydrogen-bond donors (Lipinski definition) is 0. The zero-order valence-corrected chi connectivity index (χ0v) is 20.1. The van der Waals surface area contributed by atoms with Crippen molar-refractivity contribution in [2.24, 2.45) is 5.92 Å². The lowest BCUT2D eigenvalue weighted by Crippen LogP contribution is -2.10. The maximum Gasteiger partial charge on any atom is 0.101 e. The Balaban J connectivity index is 1.56. The van der Waals surface area contributed by atoms with Crippen LogP contribution in [0.1, 0.15) is 23.7 Å². The van der Waals surface area contributed by atoms with Crippen LogP contribution in [0.15, 0.2) is 91.0 Å². The van der Waals surface area contributed by atoms with Crippen molar-refractivity contribution < 1.29 is 0 Å². The first-order chi connectivity index (χ1) is 17.2. The van der Waals surface area contributed by atoms with Gasteiger partial charge in [0.2, 0.25) is 0 Å². The van der Waals surface area contributed by atoms with Gasteiger partial charge in [-0.05, 0) is 48.2 Å². The van der Waals surface area contributed by atoms with E-state index in [0.29, 0.717) is 11.5 Å². The molecule has 0 aliphatic heterocycles. The number of aromatic nitrogens is 1. The summed E-state index contributed by atoms with van der Waals surface area (Å²) in [5.41, 5.74) is 7.62. The molecule has 1 aliphatic carbocycles. The van der Waals surface area contributed by atoms with Crippen LogP contribution < -0.4 is 0 Å². The highest BCUT2D eigenvalue weighted by atomic mass is 32.1. The average Bonchev–Trinajstić information content (AvgIpc) is 3.43. The van der Waals surface area contributed by atoms with Crippen molar-refractivity contribution in [2.45, 2.75) is 13.3 Å². The van der Waals surface area contributed by atoms with E-state index in [9.17, 15) is 5.26 Å². The van der Waals surface area contributed by atoms with Crippen LogP contribution in [0.3, 0.4) is 0 Å².